The van der Waals surface area contributed by atoms with Crippen molar-refractivity contribution in [1.82, 2.24) is 14.7 Å². The fourth-order valence-electron chi connectivity index (χ4n) is 1.82. The number of halogens is 1. The molecule has 0 aliphatic carbocycles. The Balaban J connectivity index is 2.39. The molecule has 2 aliphatic rings. The molecule has 0 N–H and O–H groups in total. The summed E-state index contributed by atoms with van der Waals surface area (Å²) in [6.07, 6.45) is -0.416. The van der Waals surface area contributed by atoms with Crippen molar-refractivity contribution in [3.8, 4) is 0 Å². The minimum absolute atomic E-state index is 0.219. The van der Waals surface area contributed by atoms with Crippen molar-refractivity contribution in [1.29, 1.82) is 0 Å². The molecule has 82 valence electrons. The van der Waals surface area contributed by atoms with Crippen molar-refractivity contribution in [2.45, 2.75) is 12.2 Å². The standard InChI is InChI=1S/C8H11BrN4O2/c1-11-4-5(10-7(11)9)12(2)8(15)13(3)6(4)14/h4-5H,1-3H3/t4-,5-/m0/s1. The normalized spacial score (nSPS) is 30.9. The van der Waals surface area contributed by atoms with Crippen LogP contribution in [0.25, 0.3) is 0 Å². The van der Waals surface area contributed by atoms with Gasteiger partial charge in [-0.2, -0.15) is 0 Å². The van der Waals surface area contributed by atoms with E-state index >= 15 is 0 Å². The lowest BCUT2D eigenvalue weighted by Gasteiger charge is -2.38. The molecular formula is C8H11BrN4O2. The summed E-state index contributed by atoms with van der Waals surface area (Å²) in [7, 11) is 4.90. The number of rotatable bonds is 0. The van der Waals surface area contributed by atoms with Gasteiger partial charge in [-0.15, -0.1) is 0 Å². The molecule has 1 fully saturated rings. The first-order valence-electron chi connectivity index (χ1n) is 4.45. The largest absolute Gasteiger partial charge is 0.338 e. The Bertz CT molecular complexity index is 370. The number of hydrogen-bond donors (Lipinski definition) is 0. The van der Waals surface area contributed by atoms with Crippen molar-refractivity contribution >= 4 is 32.6 Å². The summed E-state index contributed by atoms with van der Waals surface area (Å²) in [4.78, 5) is 32.0. The van der Waals surface area contributed by atoms with E-state index in [1.807, 2.05) is 0 Å². The number of aliphatic imine (C=N–C) groups is 1. The highest BCUT2D eigenvalue weighted by atomic mass is 79.9. The van der Waals surface area contributed by atoms with E-state index in [9.17, 15) is 9.59 Å². The first kappa shape index (κ1) is 10.4. The van der Waals surface area contributed by atoms with Crippen LogP contribution in [0.3, 0.4) is 0 Å². The highest BCUT2D eigenvalue weighted by Gasteiger charge is 2.49. The second-order valence-electron chi connectivity index (χ2n) is 3.66. The van der Waals surface area contributed by atoms with Crippen LogP contribution in [0.1, 0.15) is 0 Å². The smallest absolute Gasteiger partial charge is 0.328 e. The predicted octanol–water partition coefficient (Wildman–Crippen LogP) is -0.0988. The zero-order chi connectivity index (χ0) is 11.3. The summed E-state index contributed by atoms with van der Waals surface area (Å²) in [6.45, 7) is 0. The van der Waals surface area contributed by atoms with E-state index < -0.39 is 12.2 Å². The van der Waals surface area contributed by atoms with Crippen LogP contribution in [0, 0.1) is 0 Å². The average molecular weight is 275 g/mol. The van der Waals surface area contributed by atoms with Crippen LogP contribution in [0.5, 0.6) is 0 Å². The maximum atomic E-state index is 11.9. The topological polar surface area (TPSA) is 56.2 Å². The fourth-order valence-corrected chi connectivity index (χ4v) is 2.25. The third kappa shape index (κ3) is 1.26. The number of nitrogens with zero attached hydrogens (tertiary/aromatic N) is 4. The van der Waals surface area contributed by atoms with Crippen molar-refractivity contribution in [3.63, 3.8) is 0 Å². The number of imide groups is 1. The van der Waals surface area contributed by atoms with Crippen molar-refractivity contribution < 1.29 is 9.59 Å². The molecule has 2 atom stereocenters. The molecular weight excluding hydrogens is 264 g/mol. The van der Waals surface area contributed by atoms with E-state index in [2.05, 4.69) is 20.9 Å². The van der Waals surface area contributed by atoms with Gasteiger partial charge in [0.2, 0.25) is 0 Å². The van der Waals surface area contributed by atoms with Gasteiger partial charge in [0.1, 0.15) is 0 Å². The molecule has 1 saturated heterocycles. The van der Waals surface area contributed by atoms with Gasteiger partial charge in [0.25, 0.3) is 5.91 Å². The molecule has 0 aromatic rings. The van der Waals surface area contributed by atoms with Crippen LogP contribution in [0.4, 0.5) is 4.79 Å². The molecule has 0 spiro atoms. The van der Waals surface area contributed by atoms with Crippen LogP contribution < -0.4 is 0 Å². The Labute approximate surface area is 95.6 Å². The molecule has 0 radical (unpaired) electrons. The molecule has 2 rings (SSSR count). The summed E-state index contributed by atoms with van der Waals surface area (Å²) in [5, 5.41) is 0. The number of amidine groups is 1. The van der Waals surface area contributed by atoms with E-state index in [1.54, 1.807) is 19.0 Å². The van der Waals surface area contributed by atoms with E-state index in [0.29, 0.717) is 4.74 Å². The summed E-state index contributed by atoms with van der Waals surface area (Å²) < 4.78 is 0.598. The van der Waals surface area contributed by atoms with Gasteiger partial charge in [-0.25, -0.2) is 9.79 Å². The fraction of sp³-hybridized carbons (Fsp3) is 0.625. The molecule has 2 heterocycles. The Hall–Kier alpha value is -1.11. The Morgan fingerprint density at radius 1 is 1.20 bits per heavy atom. The van der Waals surface area contributed by atoms with E-state index in [0.717, 1.165) is 4.90 Å². The Kier molecular flexibility index (Phi) is 2.22. The summed E-state index contributed by atoms with van der Waals surface area (Å²) in [5.41, 5.74) is 0. The van der Waals surface area contributed by atoms with Gasteiger partial charge in [-0.05, 0) is 15.9 Å². The van der Waals surface area contributed by atoms with Gasteiger partial charge in [-0.3, -0.25) is 9.69 Å². The maximum absolute atomic E-state index is 11.9. The first-order chi connectivity index (χ1) is 6.95. The second kappa shape index (κ2) is 3.19. The van der Waals surface area contributed by atoms with Crippen LogP contribution in [-0.4, -0.2) is 64.7 Å². The molecule has 6 nitrogen and oxygen atoms in total. The van der Waals surface area contributed by atoms with Gasteiger partial charge < -0.3 is 9.80 Å². The summed E-state index contributed by atoms with van der Waals surface area (Å²) in [6, 6.07) is -0.729. The van der Waals surface area contributed by atoms with Crippen molar-refractivity contribution in [3.05, 3.63) is 0 Å². The second-order valence-corrected chi connectivity index (χ2v) is 4.37. The lowest BCUT2D eigenvalue weighted by molar-refractivity contribution is -0.135. The van der Waals surface area contributed by atoms with E-state index in [-0.39, 0.29) is 11.9 Å². The SMILES string of the molecule is CN1C(=O)[C@@H]2[C@@H](N=C(Br)N2C)N(C)C1=O. The van der Waals surface area contributed by atoms with Crippen LogP contribution >= 0.6 is 15.9 Å². The lowest BCUT2D eigenvalue weighted by atomic mass is 10.1. The molecule has 3 amide bonds. The minimum atomic E-state index is -0.416. The molecule has 0 bridgehead atoms. The number of urea groups is 1. The monoisotopic (exact) mass is 274 g/mol. The minimum Gasteiger partial charge on any atom is -0.338 e. The third-order valence-electron chi connectivity index (χ3n) is 2.80. The van der Waals surface area contributed by atoms with Crippen LogP contribution in [0.2, 0.25) is 0 Å². The molecule has 0 aromatic carbocycles. The summed E-state index contributed by atoms with van der Waals surface area (Å²) >= 11 is 3.26. The number of amides is 3. The maximum Gasteiger partial charge on any atom is 0.328 e. The average Bonchev–Trinajstić information content (AvgIpc) is 2.50. The zero-order valence-electron chi connectivity index (χ0n) is 8.64. The molecule has 2 aliphatic heterocycles. The molecule has 0 saturated carbocycles. The Morgan fingerprint density at radius 2 is 1.80 bits per heavy atom. The Morgan fingerprint density at radius 3 is 2.40 bits per heavy atom. The van der Waals surface area contributed by atoms with E-state index in [1.165, 1.54) is 11.9 Å². The number of carbonyl (C=O) groups excluding carboxylic acids is 2. The predicted molar refractivity (Wildman–Crippen MR) is 57.6 cm³/mol. The van der Waals surface area contributed by atoms with Gasteiger partial charge in [0.15, 0.2) is 17.0 Å². The number of likely N-dealkylation sites (N-methyl/N-ethyl adjacent to an activating group) is 3. The van der Waals surface area contributed by atoms with Crippen molar-refractivity contribution in [2.75, 3.05) is 21.1 Å². The number of hydrogen-bond acceptors (Lipinski definition) is 4. The highest BCUT2D eigenvalue weighted by molar-refractivity contribution is 9.18. The van der Waals surface area contributed by atoms with Gasteiger partial charge in [0, 0.05) is 21.1 Å². The van der Waals surface area contributed by atoms with Gasteiger partial charge in [-0.1, -0.05) is 0 Å². The first-order valence-corrected chi connectivity index (χ1v) is 5.25. The number of carbonyl (C=O) groups is 2. The van der Waals surface area contributed by atoms with Gasteiger partial charge in [0.05, 0.1) is 0 Å². The number of fused-ring (bicyclic) bond motifs is 1. The molecule has 0 unspecified atom stereocenters. The van der Waals surface area contributed by atoms with Crippen LogP contribution in [0.15, 0.2) is 4.99 Å². The van der Waals surface area contributed by atoms with E-state index in [4.69, 9.17) is 0 Å². The molecule has 0 aromatic heterocycles. The quantitative estimate of drug-likeness (QED) is 0.580. The highest BCUT2D eigenvalue weighted by Crippen LogP contribution is 2.27. The van der Waals surface area contributed by atoms with Crippen LogP contribution in [-0.2, 0) is 4.79 Å². The van der Waals surface area contributed by atoms with Gasteiger partial charge >= 0.3 is 6.03 Å². The lowest BCUT2D eigenvalue weighted by Crippen LogP contribution is -2.63. The zero-order valence-corrected chi connectivity index (χ0v) is 10.2. The van der Waals surface area contributed by atoms with Crippen molar-refractivity contribution in [2.24, 2.45) is 4.99 Å². The summed E-state index contributed by atoms with van der Waals surface area (Å²) in [5.74, 6) is -0.219. The molecule has 7 heteroatoms. The molecule has 15 heavy (non-hydrogen) atoms. The third-order valence-corrected chi connectivity index (χ3v) is 3.56.